The lowest BCUT2D eigenvalue weighted by atomic mass is 10.0. The first-order valence-electron chi connectivity index (χ1n) is 11.1. The van der Waals surface area contributed by atoms with Crippen LogP contribution >= 0.6 is 11.3 Å². The van der Waals surface area contributed by atoms with E-state index < -0.39 is 6.10 Å². The first-order chi connectivity index (χ1) is 15.0. The molecule has 1 aromatic heterocycles. The predicted molar refractivity (Wildman–Crippen MR) is 124 cm³/mol. The SMILES string of the molecule is CCOC(Cc1ccc(-c2csc(CN(C)C(=O)CC3CCCC3)c2)cc1)C(=O)OC. The average molecular weight is 444 g/mol. The zero-order valence-electron chi connectivity index (χ0n) is 18.8. The average Bonchev–Trinajstić information content (AvgIpc) is 3.45. The quantitative estimate of drug-likeness (QED) is 0.481. The van der Waals surface area contributed by atoms with Gasteiger partial charge in [-0.1, -0.05) is 37.1 Å². The number of amides is 1. The van der Waals surface area contributed by atoms with Crippen LogP contribution in [0, 0.1) is 5.92 Å². The Morgan fingerprint density at radius 2 is 1.87 bits per heavy atom. The van der Waals surface area contributed by atoms with Gasteiger partial charge in [-0.2, -0.15) is 0 Å². The highest BCUT2D eigenvalue weighted by molar-refractivity contribution is 7.10. The van der Waals surface area contributed by atoms with E-state index >= 15 is 0 Å². The summed E-state index contributed by atoms with van der Waals surface area (Å²) < 4.78 is 10.3. The molecule has 1 aromatic carbocycles. The van der Waals surface area contributed by atoms with Crippen molar-refractivity contribution in [2.24, 2.45) is 5.92 Å². The summed E-state index contributed by atoms with van der Waals surface area (Å²) in [7, 11) is 3.28. The highest BCUT2D eigenvalue weighted by Gasteiger charge is 2.21. The second-order valence-electron chi connectivity index (χ2n) is 8.27. The van der Waals surface area contributed by atoms with E-state index in [1.165, 1.54) is 37.7 Å². The molecule has 6 heteroatoms. The number of thiophene rings is 1. The van der Waals surface area contributed by atoms with E-state index in [1.54, 1.807) is 11.3 Å². The summed E-state index contributed by atoms with van der Waals surface area (Å²) in [5.41, 5.74) is 3.30. The standard InChI is InChI=1S/C25H33NO4S/c1-4-30-23(25(28)29-3)13-19-9-11-20(12-10-19)21-15-22(31-17-21)16-26(2)24(27)14-18-7-5-6-8-18/h9-12,15,17-18,23H,4-8,13-14,16H2,1-3H3. The molecule has 0 bridgehead atoms. The topological polar surface area (TPSA) is 55.8 Å². The molecule has 0 aliphatic heterocycles. The fraction of sp³-hybridized carbons (Fsp3) is 0.520. The van der Waals surface area contributed by atoms with Gasteiger partial charge in [0.15, 0.2) is 6.10 Å². The van der Waals surface area contributed by atoms with Crippen LogP contribution in [-0.2, 0) is 32.0 Å². The number of benzene rings is 1. The van der Waals surface area contributed by atoms with Gasteiger partial charge in [0.05, 0.1) is 13.7 Å². The minimum atomic E-state index is -0.578. The van der Waals surface area contributed by atoms with Gasteiger partial charge in [-0.15, -0.1) is 11.3 Å². The number of rotatable bonds is 10. The van der Waals surface area contributed by atoms with Gasteiger partial charge in [0, 0.05) is 31.4 Å². The molecule has 168 valence electrons. The molecule has 1 aliphatic carbocycles. The summed E-state index contributed by atoms with van der Waals surface area (Å²) in [6.45, 7) is 2.99. The van der Waals surface area contributed by atoms with Crippen molar-refractivity contribution >= 4 is 23.2 Å². The lowest BCUT2D eigenvalue weighted by Gasteiger charge is -2.18. The van der Waals surface area contributed by atoms with Crippen LogP contribution in [-0.4, -0.2) is 43.6 Å². The lowest BCUT2D eigenvalue weighted by molar-refractivity contribution is -0.153. The van der Waals surface area contributed by atoms with Crippen molar-refractivity contribution in [3.63, 3.8) is 0 Å². The minimum absolute atomic E-state index is 0.251. The normalized spacial score (nSPS) is 15.1. The van der Waals surface area contributed by atoms with E-state index in [0.717, 1.165) is 16.7 Å². The van der Waals surface area contributed by atoms with E-state index in [9.17, 15) is 9.59 Å². The number of methoxy groups -OCH3 is 1. The van der Waals surface area contributed by atoms with Crippen LogP contribution < -0.4 is 0 Å². The van der Waals surface area contributed by atoms with Gasteiger partial charge < -0.3 is 14.4 Å². The molecule has 1 aliphatic rings. The Hall–Kier alpha value is -2.18. The molecule has 0 N–H and O–H groups in total. The molecule has 0 saturated heterocycles. The van der Waals surface area contributed by atoms with E-state index in [-0.39, 0.29) is 11.9 Å². The monoisotopic (exact) mass is 443 g/mol. The van der Waals surface area contributed by atoms with Crippen molar-refractivity contribution in [1.29, 1.82) is 0 Å². The zero-order chi connectivity index (χ0) is 22.2. The molecule has 2 aromatic rings. The largest absolute Gasteiger partial charge is 0.467 e. The number of nitrogens with zero attached hydrogens (tertiary/aromatic N) is 1. The van der Waals surface area contributed by atoms with Crippen LogP contribution in [0.3, 0.4) is 0 Å². The van der Waals surface area contributed by atoms with Crippen LogP contribution in [0.25, 0.3) is 11.1 Å². The first-order valence-corrected chi connectivity index (χ1v) is 12.0. The molecule has 1 heterocycles. The Morgan fingerprint density at radius 3 is 2.52 bits per heavy atom. The number of hydrogen-bond donors (Lipinski definition) is 0. The van der Waals surface area contributed by atoms with Crippen LogP contribution in [0.1, 0.15) is 49.5 Å². The first kappa shape index (κ1) is 23.5. The van der Waals surface area contributed by atoms with Crippen LogP contribution in [0.2, 0.25) is 0 Å². The summed E-state index contributed by atoms with van der Waals surface area (Å²) in [6, 6.07) is 10.3. The minimum Gasteiger partial charge on any atom is -0.467 e. The highest BCUT2D eigenvalue weighted by Crippen LogP contribution is 2.29. The number of carbonyl (C=O) groups is 2. The fourth-order valence-electron chi connectivity index (χ4n) is 4.14. The third kappa shape index (κ3) is 6.65. The zero-order valence-corrected chi connectivity index (χ0v) is 19.6. The molecule has 1 amide bonds. The van der Waals surface area contributed by atoms with E-state index in [2.05, 4.69) is 23.6 Å². The molecule has 1 atom stereocenters. The van der Waals surface area contributed by atoms with Gasteiger partial charge in [-0.3, -0.25) is 4.79 Å². The maximum Gasteiger partial charge on any atom is 0.335 e. The molecule has 1 unspecified atom stereocenters. The van der Waals surface area contributed by atoms with E-state index in [0.29, 0.717) is 31.9 Å². The van der Waals surface area contributed by atoms with Gasteiger partial charge in [-0.25, -0.2) is 4.79 Å². The van der Waals surface area contributed by atoms with E-state index in [4.69, 9.17) is 9.47 Å². The highest BCUT2D eigenvalue weighted by atomic mass is 32.1. The van der Waals surface area contributed by atoms with Crippen molar-refractivity contribution in [3.8, 4) is 11.1 Å². The number of carbonyl (C=O) groups excluding carboxylic acids is 2. The molecule has 0 radical (unpaired) electrons. The Morgan fingerprint density at radius 1 is 1.16 bits per heavy atom. The van der Waals surface area contributed by atoms with Gasteiger partial charge in [0.25, 0.3) is 0 Å². The molecule has 31 heavy (non-hydrogen) atoms. The Labute approximate surface area is 189 Å². The fourth-order valence-corrected chi connectivity index (χ4v) is 5.09. The molecule has 0 spiro atoms. The van der Waals surface area contributed by atoms with Crippen LogP contribution in [0.15, 0.2) is 35.7 Å². The van der Waals surface area contributed by atoms with Crippen molar-refractivity contribution in [2.45, 2.75) is 58.1 Å². The third-order valence-corrected chi connectivity index (χ3v) is 6.87. The number of ether oxygens (including phenoxy) is 2. The van der Waals surface area contributed by atoms with Crippen molar-refractivity contribution in [3.05, 3.63) is 46.2 Å². The Kier molecular flexibility index (Phi) is 8.67. The summed E-state index contributed by atoms with van der Waals surface area (Å²) in [4.78, 5) is 27.4. The third-order valence-electron chi connectivity index (χ3n) is 5.95. The number of hydrogen-bond acceptors (Lipinski definition) is 5. The van der Waals surface area contributed by atoms with Crippen molar-refractivity contribution in [2.75, 3.05) is 20.8 Å². The van der Waals surface area contributed by atoms with Gasteiger partial charge in [0.1, 0.15) is 0 Å². The van der Waals surface area contributed by atoms with Gasteiger partial charge in [-0.05, 0) is 53.8 Å². The molecular formula is C25H33NO4S. The van der Waals surface area contributed by atoms with Gasteiger partial charge >= 0.3 is 5.97 Å². The second-order valence-corrected chi connectivity index (χ2v) is 9.27. The Balaban J connectivity index is 1.57. The summed E-state index contributed by atoms with van der Waals surface area (Å²) in [6.07, 6.45) is 5.53. The maximum absolute atomic E-state index is 12.5. The van der Waals surface area contributed by atoms with Gasteiger partial charge in [0.2, 0.25) is 5.91 Å². The molecule has 3 rings (SSSR count). The molecule has 1 fully saturated rings. The van der Waals surface area contributed by atoms with Crippen molar-refractivity contribution in [1.82, 2.24) is 4.90 Å². The summed E-state index contributed by atoms with van der Waals surface area (Å²) >= 11 is 1.69. The molecular weight excluding hydrogens is 410 g/mol. The lowest BCUT2D eigenvalue weighted by Crippen LogP contribution is -2.28. The van der Waals surface area contributed by atoms with E-state index in [1.807, 2.05) is 31.0 Å². The summed E-state index contributed by atoms with van der Waals surface area (Å²) in [5, 5.41) is 2.14. The van der Waals surface area contributed by atoms with Crippen molar-refractivity contribution < 1.29 is 19.1 Å². The Bertz CT molecular complexity index is 855. The maximum atomic E-state index is 12.5. The van der Waals surface area contributed by atoms with Crippen LogP contribution in [0.5, 0.6) is 0 Å². The number of esters is 1. The molecule has 5 nitrogen and oxygen atoms in total. The predicted octanol–water partition coefficient (Wildman–Crippen LogP) is 5.07. The van der Waals surface area contributed by atoms with Crippen LogP contribution in [0.4, 0.5) is 0 Å². The summed E-state index contributed by atoms with van der Waals surface area (Å²) in [5.74, 6) is 0.481. The second kappa shape index (κ2) is 11.4. The molecule has 1 saturated carbocycles. The smallest absolute Gasteiger partial charge is 0.335 e.